The van der Waals surface area contributed by atoms with Gasteiger partial charge in [0, 0.05) is 21.8 Å². The third-order valence-electron chi connectivity index (χ3n) is 7.93. The number of hydrogen-bond acceptors (Lipinski definition) is 0. The van der Waals surface area contributed by atoms with Crippen LogP contribution in [0.1, 0.15) is 0 Å². The van der Waals surface area contributed by atoms with E-state index in [9.17, 15) is 0 Å². The molecular weight excluding hydrogens is 470 g/mol. The average molecular weight is 496 g/mol. The van der Waals surface area contributed by atoms with Crippen LogP contribution < -0.4 is 0 Å². The minimum Gasteiger partial charge on any atom is -0.309 e. The quantitative estimate of drug-likeness (QED) is 0.215. The van der Waals surface area contributed by atoms with Gasteiger partial charge in [0.25, 0.3) is 0 Å². The first-order chi connectivity index (χ1) is 19.3. The van der Waals surface area contributed by atoms with E-state index >= 15 is 0 Å². The fourth-order valence-electron chi connectivity index (χ4n) is 6.15. The standard InChI is InChI=1S/C38H25N/c1-3-11-26(12-4-1)30-23-31(27-13-5-2-6-14-27)25-32(24-30)39-36-18-10-9-17-34(36)35-22-21-29-20-19-28-15-7-8-16-33(28)37(29)38(35)39/h1-25H. The van der Waals surface area contributed by atoms with Crippen molar-refractivity contribution in [3.8, 4) is 27.9 Å². The van der Waals surface area contributed by atoms with E-state index in [1.165, 1.54) is 71.3 Å². The highest BCUT2D eigenvalue weighted by Crippen LogP contribution is 2.41. The van der Waals surface area contributed by atoms with Crippen molar-refractivity contribution in [2.75, 3.05) is 0 Å². The molecule has 0 amide bonds. The maximum atomic E-state index is 2.48. The molecule has 8 rings (SSSR count). The third kappa shape index (κ3) is 3.48. The first kappa shape index (κ1) is 21.9. The smallest absolute Gasteiger partial charge is 0.0625 e. The summed E-state index contributed by atoms with van der Waals surface area (Å²) in [4.78, 5) is 0. The maximum Gasteiger partial charge on any atom is 0.0625 e. The van der Waals surface area contributed by atoms with Crippen LogP contribution in [0.25, 0.3) is 71.3 Å². The van der Waals surface area contributed by atoms with Gasteiger partial charge in [-0.1, -0.05) is 127 Å². The van der Waals surface area contributed by atoms with Crippen LogP contribution in [0, 0.1) is 0 Å². The molecule has 0 spiro atoms. The molecule has 0 fully saturated rings. The van der Waals surface area contributed by atoms with Crippen LogP contribution in [0.15, 0.2) is 152 Å². The molecule has 0 radical (unpaired) electrons. The summed E-state index contributed by atoms with van der Waals surface area (Å²) in [5, 5.41) is 7.65. The fraction of sp³-hybridized carbons (Fsp3) is 0. The first-order valence-corrected chi connectivity index (χ1v) is 13.5. The Morgan fingerprint density at radius 1 is 0.359 bits per heavy atom. The van der Waals surface area contributed by atoms with Gasteiger partial charge in [0.2, 0.25) is 0 Å². The zero-order valence-electron chi connectivity index (χ0n) is 21.4. The van der Waals surface area contributed by atoms with Crippen LogP contribution >= 0.6 is 0 Å². The molecule has 0 saturated carbocycles. The Morgan fingerprint density at radius 2 is 0.923 bits per heavy atom. The molecule has 1 heterocycles. The lowest BCUT2D eigenvalue weighted by atomic mass is 9.97. The van der Waals surface area contributed by atoms with Crippen molar-refractivity contribution < 1.29 is 0 Å². The summed E-state index contributed by atoms with van der Waals surface area (Å²) >= 11 is 0. The van der Waals surface area contributed by atoms with Gasteiger partial charge < -0.3 is 4.57 Å². The van der Waals surface area contributed by atoms with Crippen LogP contribution in [0.4, 0.5) is 0 Å². The van der Waals surface area contributed by atoms with Crippen molar-refractivity contribution in [2.45, 2.75) is 0 Å². The Balaban J connectivity index is 1.56. The highest BCUT2D eigenvalue weighted by atomic mass is 15.0. The molecule has 0 aliphatic heterocycles. The highest BCUT2D eigenvalue weighted by Gasteiger charge is 2.17. The fourth-order valence-corrected chi connectivity index (χ4v) is 6.15. The van der Waals surface area contributed by atoms with E-state index in [1.54, 1.807) is 0 Å². The zero-order chi connectivity index (χ0) is 25.8. The molecule has 0 aliphatic rings. The van der Waals surface area contributed by atoms with Crippen LogP contribution in [-0.4, -0.2) is 4.57 Å². The van der Waals surface area contributed by atoms with Gasteiger partial charge >= 0.3 is 0 Å². The number of benzene rings is 7. The summed E-state index contributed by atoms with van der Waals surface area (Å²) in [6.07, 6.45) is 0. The van der Waals surface area contributed by atoms with E-state index in [2.05, 4.69) is 156 Å². The molecule has 7 aromatic carbocycles. The van der Waals surface area contributed by atoms with Gasteiger partial charge in [0.05, 0.1) is 11.0 Å². The molecule has 0 unspecified atom stereocenters. The van der Waals surface area contributed by atoms with Crippen LogP contribution in [0.2, 0.25) is 0 Å². The van der Waals surface area contributed by atoms with E-state index in [0.29, 0.717) is 0 Å². The maximum absolute atomic E-state index is 2.48. The van der Waals surface area contributed by atoms with Gasteiger partial charge in [0.15, 0.2) is 0 Å². The SMILES string of the molecule is c1ccc(-c2cc(-c3ccccc3)cc(-n3c4ccccc4c4ccc5ccc6ccccc6c5c43)c2)cc1. The van der Waals surface area contributed by atoms with E-state index in [4.69, 9.17) is 0 Å². The molecule has 0 bridgehead atoms. The Hall–Kier alpha value is -5.14. The lowest BCUT2D eigenvalue weighted by molar-refractivity contribution is 1.19. The van der Waals surface area contributed by atoms with Crippen molar-refractivity contribution in [1.82, 2.24) is 4.57 Å². The van der Waals surface area contributed by atoms with Gasteiger partial charge in [-0.2, -0.15) is 0 Å². The van der Waals surface area contributed by atoms with Crippen molar-refractivity contribution in [3.05, 3.63) is 152 Å². The van der Waals surface area contributed by atoms with E-state index in [0.717, 1.165) is 0 Å². The molecule has 1 heteroatoms. The van der Waals surface area contributed by atoms with E-state index < -0.39 is 0 Å². The molecule has 182 valence electrons. The van der Waals surface area contributed by atoms with Gasteiger partial charge in [-0.05, 0) is 62.7 Å². The zero-order valence-corrected chi connectivity index (χ0v) is 21.4. The third-order valence-corrected chi connectivity index (χ3v) is 7.93. The molecular formula is C38H25N. The summed E-state index contributed by atoms with van der Waals surface area (Å²) in [7, 11) is 0. The minimum absolute atomic E-state index is 1.17. The number of aromatic nitrogens is 1. The topological polar surface area (TPSA) is 4.93 Å². The second kappa shape index (κ2) is 8.72. The van der Waals surface area contributed by atoms with Gasteiger partial charge in [-0.3, -0.25) is 0 Å². The van der Waals surface area contributed by atoms with Gasteiger partial charge in [-0.25, -0.2) is 0 Å². The number of rotatable bonds is 3. The predicted octanol–water partition coefficient (Wildman–Crippen LogP) is 10.4. The highest BCUT2D eigenvalue weighted by molar-refractivity contribution is 6.25. The van der Waals surface area contributed by atoms with Crippen molar-refractivity contribution in [3.63, 3.8) is 0 Å². The molecule has 0 saturated heterocycles. The normalized spacial score (nSPS) is 11.6. The Kier molecular flexibility index (Phi) is 4.89. The van der Waals surface area contributed by atoms with Crippen LogP contribution in [0.3, 0.4) is 0 Å². The van der Waals surface area contributed by atoms with Crippen molar-refractivity contribution in [1.29, 1.82) is 0 Å². The Labute approximate surface area is 227 Å². The predicted molar refractivity (Wildman–Crippen MR) is 167 cm³/mol. The average Bonchev–Trinajstić information content (AvgIpc) is 3.36. The van der Waals surface area contributed by atoms with Crippen molar-refractivity contribution >= 4 is 43.4 Å². The molecule has 0 aliphatic carbocycles. The monoisotopic (exact) mass is 495 g/mol. The van der Waals surface area contributed by atoms with Crippen LogP contribution in [0.5, 0.6) is 0 Å². The summed E-state index contributed by atoms with van der Waals surface area (Å²) in [5.41, 5.74) is 8.50. The molecule has 0 N–H and O–H groups in total. The number of nitrogens with zero attached hydrogens (tertiary/aromatic N) is 1. The summed E-state index contributed by atoms with van der Waals surface area (Å²) < 4.78 is 2.48. The molecule has 1 nitrogen and oxygen atoms in total. The lowest BCUT2D eigenvalue weighted by Gasteiger charge is -2.15. The molecule has 39 heavy (non-hydrogen) atoms. The number of para-hydroxylation sites is 1. The molecule has 1 aromatic heterocycles. The van der Waals surface area contributed by atoms with Crippen LogP contribution in [-0.2, 0) is 0 Å². The lowest BCUT2D eigenvalue weighted by Crippen LogP contribution is -1.97. The van der Waals surface area contributed by atoms with E-state index in [-0.39, 0.29) is 0 Å². The minimum atomic E-state index is 1.17. The largest absolute Gasteiger partial charge is 0.309 e. The second-order valence-corrected chi connectivity index (χ2v) is 10.2. The molecule has 0 atom stereocenters. The van der Waals surface area contributed by atoms with Crippen molar-refractivity contribution in [2.24, 2.45) is 0 Å². The summed E-state index contributed by atoms with van der Waals surface area (Å²) in [6, 6.07) is 55.0. The number of fused-ring (bicyclic) bond motifs is 7. The van der Waals surface area contributed by atoms with Gasteiger partial charge in [0.1, 0.15) is 0 Å². The Morgan fingerprint density at radius 3 is 1.64 bits per heavy atom. The van der Waals surface area contributed by atoms with E-state index in [1.807, 2.05) is 0 Å². The van der Waals surface area contributed by atoms with Gasteiger partial charge in [-0.15, -0.1) is 0 Å². The Bertz CT molecular complexity index is 2090. The summed E-state index contributed by atoms with van der Waals surface area (Å²) in [5.74, 6) is 0. The number of hydrogen-bond donors (Lipinski definition) is 0. The first-order valence-electron chi connectivity index (χ1n) is 13.5. The summed E-state index contributed by atoms with van der Waals surface area (Å²) in [6.45, 7) is 0. The second-order valence-electron chi connectivity index (χ2n) is 10.2. The molecule has 8 aromatic rings.